The van der Waals surface area contributed by atoms with E-state index in [1.54, 1.807) is 24.2 Å². The number of rotatable bonds is 5. The van der Waals surface area contributed by atoms with Crippen LogP contribution in [0.5, 0.6) is 0 Å². The fourth-order valence-corrected chi connectivity index (χ4v) is 4.05. The van der Waals surface area contributed by atoms with Crippen LogP contribution in [-0.4, -0.2) is 63.8 Å². The Morgan fingerprint density at radius 1 is 1.31 bits per heavy atom. The van der Waals surface area contributed by atoms with Crippen molar-refractivity contribution in [2.45, 2.75) is 50.5 Å². The predicted molar refractivity (Wildman–Crippen MR) is 104 cm³/mol. The molecule has 3 heterocycles. The van der Waals surface area contributed by atoms with E-state index >= 15 is 0 Å². The van der Waals surface area contributed by atoms with Gasteiger partial charge in [0.05, 0.1) is 11.2 Å². The van der Waals surface area contributed by atoms with E-state index in [-0.39, 0.29) is 23.0 Å². The van der Waals surface area contributed by atoms with Gasteiger partial charge in [-0.15, -0.1) is 11.6 Å². The van der Waals surface area contributed by atoms with Gasteiger partial charge < -0.3 is 14.2 Å². The van der Waals surface area contributed by atoms with Gasteiger partial charge >= 0.3 is 7.12 Å². The molecule has 0 aromatic carbocycles. The first-order valence-corrected chi connectivity index (χ1v) is 10.4. The molecule has 0 bridgehead atoms. The SMILES string of the molecule is CC1(C)OB(c2cnc(SC[C@@H]3CCN(C(=O)CCl)C3)nc2)OC1(C)C. The van der Waals surface area contributed by atoms with Gasteiger partial charge in [0.2, 0.25) is 5.91 Å². The van der Waals surface area contributed by atoms with Gasteiger partial charge in [-0.1, -0.05) is 11.8 Å². The predicted octanol–water partition coefficient (Wildman–Crippen LogP) is 1.96. The van der Waals surface area contributed by atoms with Crippen molar-refractivity contribution >= 4 is 41.9 Å². The molecule has 2 fully saturated rings. The number of nitrogens with zero attached hydrogens (tertiary/aromatic N) is 3. The van der Waals surface area contributed by atoms with Crippen molar-refractivity contribution in [2.24, 2.45) is 5.92 Å². The van der Waals surface area contributed by atoms with Gasteiger partial charge in [0.15, 0.2) is 5.16 Å². The number of carbonyl (C=O) groups is 1. The quantitative estimate of drug-likeness (QED) is 0.327. The van der Waals surface area contributed by atoms with Crippen molar-refractivity contribution in [3.8, 4) is 0 Å². The minimum absolute atomic E-state index is 0.0159. The number of hydrogen-bond acceptors (Lipinski definition) is 6. The highest BCUT2D eigenvalue weighted by molar-refractivity contribution is 7.99. The first-order valence-electron chi connectivity index (χ1n) is 8.86. The lowest BCUT2D eigenvalue weighted by Gasteiger charge is -2.32. The molecule has 0 saturated carbocycles. The smallest absolute Gasteiger partial charge is 0.399 e. The van der Waals surface area contributed by atoms with E-state index in [0.29, 0.717) is 5.92 Å². The Hall–Kier alpha value is -0.825. The topological polar surface area (TPSA) is 64.5 Å². The average Bonchev–Trinajstić information content (AvgIpc) is 3.15. The van der Waals surface area contributed by atoms with E-state index in [9.17, 15) is 4.79 Å². The maximum absolute atomic E-state index is 11.6. The largest absolute Gasteiger partial charge is 0.498 e. The van der Waals surface area contributed by atoms with E-state index in [1.807, 2.05) is 32.6 Å². The molecule has 1 aromatic heterocycles. The molecule has 0 spiro atoms. The summed E-state index contributed by atoms with van der Waals surface area (Å²) in [5.74, 6) is 1.42. The van der Waals surface area contributed by atoms with Gasteiger partial charge in [-0.2, -0.15) is 0 Å². The van der Waals surface area contributed by atoms with Crippen molar-refractivity contribution in [3.63, 3.8) is 0 Å². The van der Waals surface area contributed by atoms with Gasteiger partial charge in [-0.3, -0.25) is 4.79 Å². The Kier molecular flexibility index (Phi) is 5.87. The Bertz CT molecular complexity index is 643. The van der Waals surface area contributed by atoms with E-state index in [4.69, 9.17) is 20.9 Å². The summed E-state index contributed by atoms with van der Waals surface area (Å²) in [7, 11) is -0.441. The van der Waals surface area contributed by atoms with E-state index in [2.05, 4.69) is 9.97 Å². The van der Waals surface area contributed by atoms with Crippen molar-refractivity contribution in [3.05, 3.63) is 12.4 Å². The van der Waals surface area contributed by atoms with Crippen molar-refractivity contribution in [1.29, 1.82) is 0 Å². The van der Waals surface area contributed by atoms with Gasteiger partial charge in [0, 0.05) is 36.7 Å². The molecule has 2 saturated heterocycles. The highest BCUT2D eigenvalue weighted by Gasteiger charge is 2.51. The number of hydrogen-bond donors (Lipinski definition) is 0. The zero-order valence-corrected chi connectivity index (χ0v) is 17.3. The Balaban J connectivity index is 1.52. The molecular formula is C17H25BClN3O3S. The molecule has 3 rings (SSSR count). The Labute approximate surface area is 164 Å². The molecule has 6 nitrogen and oxygen atoms in total. The third-order valence-corrected chi connectivity index (χ3v) is 6.71. The van der Waals surface area contributed by atoms with E-state index in [1.165, 1.54) is 0 Å². The van der Waals surface area contributed by atoms with Gasteiger partial charge in [0.25, 0.3) is 0 Å². The van der Waals surface area contributed by atoms with Crippen molar-refractivity contribution < 1.29 is 14.1 Å². The van der Waals surface area contributed by atoms with Gasteiger partial charge in [0.1, 0.15) is 5.88 Å². The summed E-state index contributed by atoms with van der Waals surface area (Å²) in [6.07, 6.45) is 4.55. The molecule has 0 radical (unpaired) electrons. The molecule has 0 aliphatic carbocycles. The number of amides is 1. The first-order chi connectivity index (χ1) is 12.2. The van der Waals surface area contributed by atoms with Crippen LogP contribution in [0.4, 0.5) is 0 Å². The maximum Gasteiger partial charge on any atom is 0.498 e. The van der Waals surface area contributed by atoms with Gasteiger partial charge in [-0.05, 0) is 40.0 Å². The summed E-state index contributed by atoms with van der Waals surface area (Å²) in [5, 5.41) is 0.729. The monoisotopic (exact) mass is 397 g/mol. The van der Waals surface area contributed by atoms with Crippen molar-refractivity contribution in [1.82, 2.24) is 14.9 Å². The molecule has 2 aliphatic heterocycles. The molecule has 142 valence electrons. The lowest BCUT2D eigenvalue weighted by molar-refractivity contribution is -0.127. The zero-order chi connectivity index (χ0) is 18.9. The summed E-state index contributed by atoms with van der Waals surface area (Å²) in [6, 6.07) is 0. The Morgan fingerprint density at radius 2 is 1.92 bits per heavy atom. The number of halogens is 1. The van der Waals surface area contributed by atoms with Crippen LogP contribution in [0.25, 0.3) is 0 Å². The highest BCUT2D eigenvalue weighted by atomic mass is 35.5. The van der Waals surface area contributed by atoms with Crippen molar-refractivity contribution in [2.75, 3.05) is 24.7 Å². The lowest BCUT2D eigenvalue weighted by atomic mass is 9.81. The van der Waals surface area contributed by atoms with Crippen LogP contribution in [-0.2, 0) is 14.1 Å². The van der Waals surface area contributed by atoms with Crippen LogP contribution in [0.2, 0.25) is 0 Å². The van der Waals surface area contributed by atoms with Crippen LogP contribution in [0.15, 0.2) is 17.6 Å². The first kappa shape index (κ1) is 19.9. The van der Waals surface area contributed by atoms with E-state index in [0.717, 1.165) is 35.9 Å². The second-order valence-electron chi connectivity index (χ2n) is 7.83. The second kappa shape index (κ2) is 7.66. The number of alkyl halides is 1. The third kappa shape index (κ3) is 4.19. The second-order valence-corrected chi connectivity index (χ2v) is 9.08. The van der Waals surface area contributed by atoms with Crippen LogP contribution < -0.4 is 5.46 Å². The normalized spacial score (nSPS) is 24.3. The average molecular weight is 398 g/mol. The van der Waals surface area contributed by atoms with Crippen LogP contribution in [0.1, 0.15) is 34.1 Å². The molecule has 0 N–H and O–H groups in total. The lowest BCUT2D eigenvalue weighted by Crippen LogP contribution is -2.41. The minimum Gasteiger partial charge on any atom is -0.399 e. The molecule has 2 aliphatic rings. The number of carbonyl (C=O) groups excluding carboxylic acids is 1. The summed E-state index contributed by atoms with van der Waals surface area (Å²) in [6.45, 7) is 9.66. The minimum atomic E-state index is -0.441. The molecular weight excluding hydrogens is 373 g/mol. The Morgan fingerprint density at radius 3 is 2.50 bits per heavy atom. The molecule has 0 unspecified atom stereocenters. The summed E-state index contributed by atoms with van der Waals surface area (Å²) < 4.78 is 12.0. The fourth-order valence-electron chi connectivity index (χ4n) is 2.97. The molecule has 26 heavy (non-hydrogen) atoms. The molecule has 1 atom stereocenters. The van der Waals surface area contributed by atoms with Crippen LogP contribution >= 0.6 is 23.4 Å². The standard InChI is InChI=1S/C17H25BClN3O3S/c1-16(2)17(3,4)25-18(24-16)13-8-20-15(21-9-13)26-11-12-5-6-22(10-12)14(23)7-19/h8-9,12H,5-7,10-11H2,1-4H3/t12-/m1/s1. The maximum atomic E-state index is 11.6. The molecule has 1 aromatic rings. The summed E-state index contributed by atoms with van der Waals surface area (Å²) >= 11 is 7.23. The van der Waals surface area contributed by atoms with E-state index < -0.39 is 7.12 Å². The fraction of sp³-hybridized carbons (Fsp3) is 0.706. The molecule has 9 heteroatoms. The third-order valence-electron chi connectivity index (χ3n) is 5.37. The van der Waals surface area contributed by atoms with Crippen LogP contribution in [0, 0.1) is 5.92 Å². The highest BCUT2D eigenvalue weighted by Crippen LogP contribution is 2.36. The number of aromatic nitrogens is 2. The summed E-state index contributed by atoms with van der Waals surface area (Å²) in [5.41, 5.74) is 0.0764. The summed E-state index contributed by atoms with van der Waals surface area (Å²) in [4.78, 5) is 22.3. The number of likely N-dealkylation sites (tertiary alicyclic amines) is 1. The number of thioether (sulfide) groups is 1. The molecule has 1 amide bonds. The van der Waals surface area contributed by atoms with Crippen LogP contribution in [0.3, 0.4) is 0 Å². The zero-order valence-electron chi connectivity index (χ0n) is 15.7. The van der Waals surface area contributed by atoms with Gasteiger partial charge in [-0.25, -0.2) is 9.97 Å².